The summed E-state index contributed by atoms with van der Waals surface area (Å²) >= 11 is 0. The SMILES string of the molecule is COc1cc(N)cc(COC(C)CC(C)C)c1. The fourth-order valence-electron chi connectivity index (χ4n) is 1.86. The molecule has 1 atom stereocenters. The molecule has 0 aliphatic carbocycles. The molecule has 0 aliphatic heterocycles. The molecule has 3 heteroatoms. The summed E-state index contributed by atoms with van der Waals surface area (Å²) < 4.78 is 11.0. The zero-order valence-electron chi connectivity index (χ0n) is 11.2. The van der Waals surface area contributed by atoms with Crippen LogP contribution in [0.2, 0.25) is 0 Å². The second-order valence-electron chi connectivity index (χ2n) is 4.87. The highest BCUT2D eigenvalue weighted by Gasteiger charge is 2.06. The lowest BCUT2D eigenvalue weighted by Gasteiger charge is -2.15. The third-order valence-corrected chi connectivity index (χ3v) is 2.56. The van der Waals surface area contributed by atoms with E-state index in [2.05, 4.69) is 20.8 Å². The monoisotopic (exact) mass is 237 g/mol. The summed E-state index contributed by atoms with van der Waals surface area (Å²) in [6.45, 7) is 7.08. The molecule has 0 fully saturated rings. The van der Waals surface area contributed by atoms with Crippen molar-refractivity contribution in [3.63, 3.8) is 0 Å². The van der Waals surface area contributed by atoms with Gasteiger partial charge in [-0.05, 0) is 37.0 Å². The van der Waals surface area contributed by atoms with E-state index < -0.39 is 0 Å². The number of nitrogen functional groups attached to an aromatic ring is 1. The van der Waals surface area contributed by atoms with Crippen LogP contribution in [0.25, 0.3) is 0 Å². The van der Waals surface area contributed by atoms with E-state index in [1.165, 1.54) is 0 Å². The molecule has 0 spiro atoms. The molecule has 1 aromatic carbocycles. The van der Waals surface area contributed by atoms with Crippen LogP contribution >= 0.6 is 0 Å². The fraction of sp³-hybridized carbons (Fsp3) is 0.571. The smallest absolute Gasteiger partial charge is 0.121 e. The van der Waals surface area contributed by atoms with Crippen LogP contribution in [-0.4, -0.2) is 13.2 Å². The lowest BCUT2D eigenvalue weighted by molar-refractivity contribution is 0.0396. The zero-order chi connectivity index (χ0) is 12.8. The van der Waals surface area contributed by atoms with Crippen molar-refractivity contribution in [1.82, 2.24) is 0 Å². The van der Waals surface area contributed by atoms with Crippen LogP contribution in [0, 0.1) is 5.92 Å². The van der Waals surface area contributed by atoms with Gasteiger partial charge in [0.1, 0.15) is 5.75 Å². The minimum Gasteiger partial charge on any atom is -0.497 e. The summed E-state index contributed by atoms with van der Waals surface area (Å²) in [5.74, 6) is 1.43. The van der Waals surface area contributed by atoms with Crippen LogP contribution in [0.1, 0.15) is 32.8 Å². The molecule has 0 heterocycles. The maximum absolute atomic E-state index is 5.79. The first-order chi connectivity index (χ1) is 8.01. The molecule has 1 aromatic rings. The van der Waals surface area contributed by atoms with Crippen LogP contribution in [0.5, 0.6) is 5.75 Å². The topological polar surface area (TPSA) is 44.5 Å². The third-order valence-electron chi connectivity index (χ3n) is 2.56. The van der Waals surface area contributed by atoms with Gasteiger partial charge in [0, 0.05) is 11.8 Å². The number of nitrogens with two attached hydrogens (primary N) is 1. The van der Waals surface area contributed by atoms with Crippen molar-refractivity contribution in [3.8, 4) is 5.75 Å². The van der Waals surface area contributed by atoms with Crippen LogP contribution in [0.3, 0.4) is 0 Å². The average Bonchev–Trinajstić information content (AvgIpc) is 2.24. The predicted octanol–water partition coefficient (Wildman–Crippen LogP) is 3.23. The Hall–Kier alpha value is -1.22. The second-order valence-corrected chi connectivity index (χ2v) is 4.87. The first-order valence-electron chi connectivity index (χ1n) is 6.06. The predicted molar refractivity (Wildman–Crippen MR) is 71.1 cm³/mol. The largest absolute Gasteiger partial charge is 0.497 e. The molecular weight excluding hydrogens is 214 g/mol. The van der Waals surface area contributed by atoms with E-state index in [0.717, 1.165) is 17.7 Å². The van der Waals surface area contributed by atoms with Crippen LogP contribution in [-0.2, 0) is 11.3 Å². The summed E-state index contributed by atoms with van der Waals surface area (Å²) in [6, 6.07) is 5.68. The van der Waals surface area contributed by atoms with Crippen LogP contribution in [0.15, 0.2) is 18.2 Å². The minimum atomic E-state index is 0.266. The molecule has 1 unspecified atom stereocenters. The Labute approximate surface area is 104 Å². The van der Waals surface area contributed by atoms with Gasteiger partial charge in [0.25, 0.3) is 0 Å². The van der Waals surface area contributed by atoms with E-state index in [9.17, 15) is 0 Å². The van der Waals surface area contributed by atoms with Crippen LogP contribution < -0.4 is 10.5 Å². The molecule has 0 bridgehead atoms. The van der Waals surface area contributed by atoms with Gasteiger partial charge >= 0.3 is 0 Å². The Morgan fingerprint density at radius 3 is 2.47 bits per heavy atom. The van der Waals surface area contributed by atoms with Crippen LogP contribution in [0.4, 0.5) is 5.69 Å². The molecule has 17 heavy (non-hydrogen) atoms. The number of benzene rings is 1. The van der Waals surface area contributed by atoms with Gasteiger partial charge in [-0.1, -0.05) is 13.8 Å². The quantitative estimate of drug-likeness (QED) is 0.772. The van der Waals surface area contributed by atoms with Crippen molar-refractivity contribution >= 4 is 5.69 Å². The van der Waals surface area contributed by atoms with Gasteiger partial charge in [0.05, 0.1) is 19.8 Å². The van der Waals surface area contributed by atoms with Crippen molar-refractivity contribution in [2.75, 3.05) is 12.8 Å². The first-order valence-corrected chi connectivity index (χ1v) is 6.06. The Morgan fingerprint density at radius 1 is 1.18 bits per heavy atom. The standard InChI is InChI=1S/C14H23NO2/c1-10(2)5-11(3)17-9-12-6-13(15)8-14(7-12)16-4/h6-8,10-11H,5,9,15H2,1-4H3. The van der Waals surface area contributed by atoms with E-state index in [4.69, 9.17) is 15.2 Å². The van der Waals surface area contributed by atoms with Crippen molar-refractivity contribution < 1.29 is 9.47 Å². The zero-order valence-corrected chi connectivity index (χ0v) is 11.2. The maximum atomic E-state index is 5.79. The molecule has 0 aliphatic rings. The lowest BCUT2D eigenvalue weighted by atomic mass is 10.1. The normalized spacial score (nSPS) is 12.8. The van der Waals surface area contributed by atoms with Gasteiger partial charge < -0.3 is 15.2 Å². The summed E-state index contributed by atoms with van der Waals surface area (Å²) in [7, 11) is 1.64. The van der Waals surface area contributed by atoms with Crippen molar-refractivity contribution in [1.29, 1.82) is 0 Å². The van der Waals surface area contributed by atoms with E-state index in [1.54, 1.807) is 13.2 Å². The molecule has 0 radical (unpaired) electrons. The van der Waals surface area contributed by atoms with E-state index in [-0.39, 0.29) is 6.10 Å². The van der Waals surface area contributed by atoms with E-state index in [1.807, 2.05) is 12.1 Å². The average molecular weight is 237 g/mol. The number of methoxy groups -OCH3 is 1. The highest BCUT2D eigenvalue weighted by Crippen LogP contribution is 2.20. The fourth-order valence-corrected chi connectivity index (χ4v) is 1.86. The van der Waals surface area contributed by atoms with Gasteiger partial charge in [-0.3, -0.25) is 0 Å². The maximum Gasteiger partial charge on any atom is 0.121 e. The van der Waals surface area contributed by atoms with Crippen molar-refractivity contribution in [3.05, 3.63) is 23.8 Å². The molecule has 1 rings (SSSR count). The molecule has 3 nitrogen and oxygen atoms in total. The Morgan fingerprint density at radius 2 is 1.88 bits per heavy atom. The van der Waals surface area contributed by atoms with Crippen molar-refractivity contribution in [2.24, 2.45) is 5.92 Å². The minimum absolute atomic E-state index is 0.266. The number of hydrogen-bond acceptors (Lipinski definition) is 3. The van der Waals surface area contributed by atoms with Gasteiger partial charge in [0.15, 0.2) is 0 Å². The number of rotatable bonds is 6. The summed E-state index contributed by atoms with van der Waals surface area (Å²) in [6.07, 6.45) is 1.34. The summed E-state index contributed by atoms with van der Waals surface area (Å²) in [5.41, 5.74) is 7.55. The molecule has 2 N–H and O–H groups in total. The lowest BCUT2D eigenvalue weighted by Crippen LogP contribution is -2.11. The Balaban J connectivity index is 2.54. The van der Waals surface area contributed by atoms with Gasteiger partial charge in [-0.25, -0.2) is 0 Å². The Kier molecular flexibility index (Phi) is 5.29. The Bertz CT molecular complexity index is 350. The van der Waals surface area contributed by atoms with Gasteiger partial charge in [-0.2, -0.15) is 0 Å². The first kappa shape index (κ1) is 13.8. The summed E-state index contributed by atoms with van der Waals surface area (Å²) in [5, 5.41) is 0. The molecule has 0 saturated heterocycles. The number of hydrogen-bond donors (Lipinski definition) is 1. The number of anilines is 1. The molecular formula is C14H23NO2. The summed E-state index contributed by atoms with van der Waals surface area (Å²) in [4.78, 5) is 0. The van der Waals surface area contributed by atoms with Gasteiger partial charge in [0.2, 0.25) is 0 Å². The van der Waals surface area contributed by atoms with E-state index >= 15 is 0 Å². The van der Waals surface area contributed by atoms with Gasteiger partial charge in [-0.15, -0.1) is 0 Å². The van der Waals surface area contributed by atoms with Crippen molar-refractivity contribution in [2.45, 2.75) is 39.9 Å². The highest BCUT2D eigenvalue weighted by molar-refractivity contribution is 5.47. The molecule has 0 aromatic heterocycles. The molecule has 0 amide bonds. The number of ether oxygens (including phenoxy) is 2. The van der Waals surface area contributed by atoms with E-state index in [0.29, 0.717) is 18.2 Å². The second kappa shape index (κ2) is 6.50. The third kappa shape index (κ3) is 5.09. The molecule has 96 valence electrons. The highest BCUT2D eigenvalue weighted by atomic mass is 16.5. The molecule has 0 saturated carbocycles.